The normalized spacial score (nSPS) is 14.4. The second kappa shape index (κ2) is 9.39. The maximum atomic E-state index is 6.32. The van der Waals surface area contributed by atoms with E-state index in [0.29, 0.717) is 11.1 Å². The number of pyridine rings is 2. The highest BCUT2D eigenvalue weighted by Gasteiger charge is 2.20. The Hall–Kier alpha value is -3.90. The molecule has 6 nitrogen and oxygen atoms in total. The van der Waals surface area contributed by atoms with E-state index in [4.69, 9.17) is 21.6 Å². The van der Waals surface area contributed by atoms with E-state index in [0.717, 1.165) is 65.4 Å². The zero-order valence-corrected chi connectivity index (χ0v) is 19.9. The molecule has 6 rings (SSSR count). The lowest BCUT2D eigenvalue weighted by Crippen LogP contribution is -2.39. The first kappa shape index (κ1) is 21.6. The highest BCUT2D eigenvalue weighted by atomic mass is 35.5. The average molecular weight is 481 g/mol. The van der Waals surface area contributed by atoms with E-state index in [1.807, 2.05) is 54.9 Å². The fourth-order valence-corrected chi connectivity index (χ4v) is 4.90. The Balaban J connectivity index is 1.18. The lowest BCUT2D eigenvalue weighted by atomic mass is 10.0. The smallest absolute Gasteiger partial charge is 0.138 e. The van der Waals surface area contributed by atoms with Crippen LogP contribution >= 0.6 is 11.6 Å². The number of nitrogens with one attached hydrogen (secondary N) is 2. The summed E-state index contributed by atoms with van der Waals surface area (Å²) in [7, 11) is 0. The molecule has 0 unspecified atom stereocenters. The average Bonchev–Trinajstić information content (AvgIpc) is 3.36. The molecule has 0 amide bonds. The molecule has 2 aromatic carbocycles. The number of aromatic amines is 1. The summed E-state index contributed by atoms with van der Waals surface area (Å²) >= 11 is 6.32. The van der Waals surface area contributed by atoms with Crippen LogP contribution in [0.2, 0.25) is 5.02 Å². The van der Waals surface area contributed by atoms with Crippen molar-refractivity contribution in [2.45, 2.75) is 18.9 Å². The lowest BCUT2D eigenvalue weighted by Gasteiger charge is -2.34. The first-order valence-electron chi connectivity index (χ1n) is 11.9. The maximum Gasteiger partial charge on any atom is 0.138 e. The first-order chi connectivity index (χ1) is 17.2. The van der Waals surface area contributed by atoms with E-state index in [-0.39, 0.29) is 0 Å². The van der Waals surface area contributed by atoms with E-state index in [9.17, 15) is 0 Å². The molecule has 1 saturated heterocycles. The van der Waals surface area contributed by atoms with E-state index in [1.165, 1.54) is 5.69 Å². The number of aromatic nitrogens is 4. The van der Waals surface area contributed by atoms with Gasteiger partial charge in [-0.25, -0.2) is 9.97 Å². The van der Waals surface area contributed by atoms with Crippen molar-refractivity contribution < 1.29 is 0 Å². The molecule has 35 heavy (non-hydrogen) atoms. The Morgan fingerprint density at radius 2 is 1.63 bits per heavy atom. The zero-order valence-electron chi connectivity index (χ0n) is 19.2. The molecule has 2 N–H and O–H groups in total. The minimum atomic E-state index is 0.405. The van der Waals surface area contributed by atoms with Crippen molar-refractivity contribution in [3.63, 3.8) is 0 Å². The number of piperidine rings is 1. The van der Waals surface area contributed by atoms with Gasteiger partial charge in [-0.2, -0.15) is 0 Å². The molecule has 0 aliphatic carbocycles. The van der Waals surface area contributed by atoms with Crippen LogP contribution in [-0.2, 0) is 0 Å². The number of hydrogen-bond donors (Lipinski definition) is 2. The van der Waals surface area contributed by atoms with Crippen molar-refractivity contribution in [2.24, 2.45) is 0 Å². The summed E-state index contributed by atoms with van der Waals surface area (Å²) in [5, 5.41) is 4.30. The summed E-state index contributed by atoms with van der Waals surface area (Å²) in [6.45, 7) is 2.04. The number of H-pyrrole nitrogens is 1. The van der Waals surface area contributed by atoms with Crippen LogP contribution in [0.3, 0.4) is 0 Å². The van der Waals surface area contributed by atoms with Crippen molar-refractivity contribution in [3.05, 3.63) is 90.2 Å². The van der Waals surface area contributed by atoms with Crippen molar-refractivity contribution in [2.75, 3.05) is 23.3 Å². The molecule has 4 heterocycles. The first-order valence-corrected chi connectivity index (χ1v) is 12.2. The fraction of sp³-hybridized carbons (Fsp3) is 0.179. The Morgan fingerprint density at radius 1 is 0.857 bits per heavy atom. The van der Waals surface area contributed by atoms with E-state index < -0.39 is 0 Å². The molecular formula is C28H25ClN6. The van der Waals surface area contributed by atoms with Crippen molar-refractivity contribution in [3.8, 4) is 22.6 Å². The highest BCUT2D eigenvalue weighted by Crippen LogP contribution is 2.29. The van der Waals surface area contributed by atoms with Crippen LogP contribution in [0.15, 0.2) is 85.2 Å². The molecule has 0 bridgehead atoms. The molecule has 0 atom stereocenters. The third kappa shape index (κ3) is 4.57. The van der Waals surface area contributed by atoms with Gasteiger partial charge in [0.15, 0.2) is 0 Å². The topological polar surface area (TPSA) is 69.7 Å². The fourth-order valence-electron chi connectivity index (χ4n) is 4.68. The number of rotatable bonds is 5. The van der Waals surface area contributed by atoms with Crippen LogP contribution in [0.1, 0.15) is 12.8 Å². The van der Waals surface area contributed by atoms with Crippen molar-refractivity contribution in [1.29, 1.82) is 0 Å². The minimum Gasteiger partial charge on any atom is -0.371 e. The van der Waals surface area contributed by atoms with Gasteiger partial charge in [-0.3, -0.25) is 4.98 Å². The van der Waals surface area contributed by atoms with Gasteiger partial charge < -0.3 is 15.2 Å². The summed E-state index contributed by atoms with van der Waals surface area (Å²) in [6.07, 6.45) is 5.84. The van der Waals surface area contributed by atoms with Gasteiger partial charge in [-0.1, -0.05) is 41.9 Å². The minimum absolute atomic E-state index is 0.405. The Labute approximate surface area is 209 Å². The zero-order chi connectivity index (χ0) is 23.6. The number of benzene rings is 2. The highest BCUT2D eigenvalue weighted by molar-refractivity contribution is 6.35. The number of fused-ring (bicyclic) bond motifs is 1. The Bertz CT molecular complexity index is 1460. The van der Waals surface area contributed by atoms with Crippen LogP contribution in [-0.4, -0.2) is 39.1 Å². The third-order valence-corrected chi connectivity index (χ3v) is 6.82. The molecule has 174 valence electrons. The molecule has 0 spiro atoms. The van der Waals surface area contributed by atoms with E-state index >= 15 is 0 Å². The van der Waals surface area contributed by atoms with Gasteiger partial charge in [-0.15, -0.1) is 0 Å². The van der Waals surface area contributed by atoms with Crippen molar-refractivity contribution >= 4 is 34.1 Å². The van der Waals surface area contributed by atoms with Gasteiger partial charge in [0, 0.05) is 48.3 Å². The molecule has 7 heteroatoms. The van der Waals surface area contributed by atoms with Crippen LogP contribution in [0, 0.1) is 0 Å². The predicted octanol–water partition coefficient (Wildman–Crippen LogP) is 6.42. The maximum absolute atomic E-state index is 6.32. The second-order valence-electron chi connectivity index (χ2n) is 8.82. The van der Waals surface area contributed by atoms with Gasteiger partial charge in [-0.05, 0) is 55.3 Å². The van der Waals surface area contributed by atoms with Gasteiger partial charge in [0.2, 0.25) is 0 Å². The van der Waals surface area contributed by atoms with Gasteiger partial charge >= 0.3 is 0 Å². The van der Waals surface area contributed by atoms with Gasteiger partial charge in [0.05, 0.1) is 16.2 Å². The summed E-state index contributed by atoms with van der Waals surface area (Å²) in [4.78, 5) is 19.5. The number of hydrogen-bond acceptors (Lipinski definition) is 5. The Morgan fingerprint density at radius 3 is 2.46 bits per heavy atom. The Kier molecular flexibility index (Phi) is 5.80. The quantitative estimate of drug-likeness (QED) is 0.303. The molecule has 3 aromatic heterocycles. The standard InChI is InChI=1S/C28H25ClN6/c29-23-6-2-8-25-27(23)34-28(33-25)20-5-1-4-19(18-20)24-7-3-9-26(32-24)31-21-12-16-35(17-13-21)22-10-14-30-15-11-22/h1-11,14-15,18,21H,12-13,16-17H2,(H,31,32)(H,33,34). The van der Waals surface area contributed by atoms with Gasteiger partial charge in [0.25, 0.3) is 0 Å². The monoisotopic (exact) mass is 480 g/mol. The van der Waals surface area contributed by atoms with Crippen LogP contribution in [0.5, 0.6) is 0 Å². The molecule has 1 fully saturated rings. The number of halogens is 1. The summed E-state index contributed by atoms with van der Waals surface area (Å²) in [5.74, 6) is 1.70. The number of anilines is 2. The summed E-state index contributed by atoms with van der Waals surface area (Å²) in [6, 6.07) is 24.8. The molecule has 5 aromatic rings. The molecule has 0 saturated carbocycles. The summed E-state index contributed by atoms with van der Waals surface area (Å²) in [5.41, 5.74) is 5.93. The van der Waals surface area contributed by atoms with Crippen LogP contribution < -0.4 is 10.2 Å². The van der Waals surface area contributed by atoms with Crippen molar-refractivity contribution in [1.82, 2.24) is 19.9 Å². The summed E-state index contributed by atoms with van der Waals surface area (Å²) < 4.78 is 0. The van der Waals surface area contributed by atoms with E-state index in [1.54, 1.807) is 0 Å². The largest absolute Gasteiger partial charge is 0.371 e. The SMILES string of the molecule is Clc1cccc2[nH]c(-c3cccc(-c4cccc(NC5CCN(c6ccncc6)CC5)n4)c3)nc12. The molecular weight excluding hydrogens is 456 g/mol. The molecule has 1 aliphatic rings. The molecule has 0 radical (unpaired) electrons. The van der Waals surface area contributed by atoms with Crippen LogP contribution in [0.25, 0.3) is 33.7 Å². The number of nitrogens with zero attached hydrogens (tertiary/aromatic N) is 4. The predicted molar refractivity (Wildman–Crippen MR) is 143 cm³/mol. The van der Waals surface area contributed by atoms with Gasteiger partial charge in [0.1, 0.15) is 17.2 Å². The van der Waals surface area contributed by atoms with E-state index in [2.05, 4.69) is 50.5 Å². The molecule has 1 aliphatic heterocycles. The number of imidazole rings is 1. The second-order valence-corrected chi connectivity index (χ2v) is 9.23. The lowest BCUT2D eigenvalue weighted by molar-refractivity contribution is 0.525. The van der Waals surface area contributed by atoms with Crippen LogP contribution in [0.4, 0.5) is 11.5 Å². The third-order valence-electron chi connectivity index (χ3n) is 6.52. The number of para-hydroxylation sites is 1.